The molecule has 0 aliphatic rings. The lowest BCUT2D eigenvalue weighted by molar-refractivity contribution is -0.274. The molecule has 0 fully saturated rings. The zero-order valence-electron chi connectivity index (χ0n) is 15.2. The molecular weight excluding hydrogens is 357 g/mol. The van der Waals surface area contributed by atoms with E-state index in [2.05, 4.69) is 9.72 Å². The van der Waals surface area contributed by atoms with Gasteiger partial charge in [-0.15, -0.1) is 13.2 Å². The summed E-state index contributed by atoms with van der Waals surface area (Å²) >= 11 is 0. The summed E-state index contributed by atoms with van der Waals surface area (Å²) in [4.78, 5) is 17.0. The lowest BCUT2D eigenvalue weighted by Gasteiger charge is -2.12. The Morgan fingerprint density at radius 2 is 1.70 bits per heavy atom. The van der Waals surface area contributed by atoms with Gasteiger partial charge in [-0.1, -0.05) is 32.0 Å². The van der Waals surface area contributed by atoms with Crippen molar-refractivity contribution in [1.29, 1.82) is 0 Å². The number of benzene rings is 2. The first-order chi connectivity index (χ1) is 12.6. The molecule has 1 heterocycles. The van der Waals surface area contributed by atoms with Crippen LogP contribution in [0.2, 0.25) is 0 Å². The van der Waals surface area contributed by atoms with E-state index in [9.17, 15) is 18.0 Å². The van der Waals surface area contributed by atoms with Crippen molar-refractivity contribution in [3.63, 3.8) is 0 Å². The summed E-state index contributed by atoms with van der Waals surface area (Å²) in [7, 11) is 1.69. The summed E-state index contributed by atoms with van der Waals surface area (Å²) in [6.07, 6.45) is -4.12. The van der Waals surface area contributed by atoms with E-state index >= 15 is 0 Å². The Kier molecular flexibility index (Phi) is 4.95. The van der Waals surface area contributed by atoms with Crippen molar-refractivity contribution >= 4 is 11.0 Å². The topological polar surface area (TPSA) is 44.1 Å². The number of aromatic nitrogens is 2. The highest BCUT2D eigenvalue weighted by Crippen LogP contribution is 2.28. The molecule has 7 heteroatoms. The van der Waals surface area contributed by atoms with Crippen LogP contribution in [0.1, 0.15) is 19.5 Å². The Hall–Kier alpha value is -2.83. The van der Waals surface area contributed by atoms with Gasteiger partial charge in [0.1, 0.15) is 11.4 Å². The van der Waals surface area contributed by atoms with Crippen LogP contribution in [0.25, 0.3) is 22.2 Å². The second-order valence-corrected chi connectivity index (χ2v) is 6.80. The molecule has 3 aromatic rings. The second kappa shape index (κ2) is 7.06. The Morgan fingerprint density at radius 3 is 2.30 bits per heavy atom. The third kappa shape index (κ3) is 4.30. The third-order valence-electron chi connectivity index (χ3n) is 4.17. The molecule has 0 unspecified atom stereocenters. The van der Waals surface area contributed by atoms with E-state index in [0.717, 1.165) is 5.56 Å². The van der Waals surface area contributed by atoms with E-state index in [-0.39, 0.29) is 11.3 Å². The first kappa shape index (κ1) is 18.9. The molecule has 0 aliphatic heterocycles. The van der Waals surface area contributed by atoms with Crippen molar-refractivity contribution in [3.8, 4) is 16.9 Å². The van der Waals surface area contributed by atoms with Crippen LogP contribution in [0.5, 0.6) is 5.75 Å². The van der Waals surface area contributed by atoms with Crippen molar-refractivity contribution in [2.45, 2.75) is 26.6 Å². The molecule has 0 radical (unpaired) electrons. The molecule has 0 saturated carbocycles. The van der Waals surface area contributed by atoms with Gasteiger partial charge in [0.2, 0.25) is 0 Å². The highest BCUT2D eigenvalue weighted by molar-refractivity contribution is 5.82. The predicted octanol–water partition coefficient (Wildman–Crippen LogP) is 4.70. The number of rotatable bonds is 4. The predicted molar refractivity (Wildman–Crippen MR) is 97.6 cm³/mol. The van der Waals surface area contributed by atoms with Crippen LogP contribution in [0.4, 0.5) is 13.2 Å². The summed E-state index contributed by atoms with van der Waals surface area (Å²) in [5.74, 6) is 0.0405. The first-order valence-electron chi connectivity index (χ1n) is 8.50. The Bertz CT molecular complexity index is 1020. The fraction of sp³-hybridized carbons (Fsp3) is 0.300. The minimum atomic E-state index is -4.72. The molecule has 0 spiro atoms. The molecule has 0 bridgehead atoms. The molecule has 1 aromatic heterocycles. The fourth-order valence-electron chi connectivity index (χ4n) is 2.93. The lowest BCUT2D eigenvalue weighted by atomic mass is 10.0. The molecule has 142 valence electrons. The standard InChI is InChI=1S/C20H19F3N2O2/c1-12(2)10-17-19(26)25(3)18-11-14(6-9-16(18)24-17)13-4-7-15(8-5-13)27-20(21,22)23/h4-9,11-12H,10H2,1-3H3. The van der Waals surface area contributed by atoms with Crippen LogP contribution in [0.3, 0.4) is 0 Å². The van der Waals surface area contributed by atoms with Crippen LogP contribution in [0.15, 0.2) is 47.3 Å². The minimum Gasteiger partial charge on any atom is -0.406 e. The Morgan fingerprint density at radius 1 is 1.07 bits per heavy atom. The highest BCUT2D eigenvalue weighted by Gasteiger charge is 2.30. The molecule has 0 aliphatic carbocycles. The molecule has 4 nitrogen and oxygen atoms in total. The van der Waals surface area contributed by atoms with E-state index in [4.69, 9.17) is 0 Å². The minimum absolute atomic E-state index is 0.137. The van der Waals surface area contributed by atoms with Crippen LogP contribution >= 0.6 is 0 Å². The number of ether oxygens (including phenoxy) is 1. The number of aryl methyl sites for hydroxylation is 1. The summed E-state index contributed by atoms with van der Waals surface area (Å²) in [6, 6.07) is 11.1. The average Bonchev–Trinajstić information content (AvgIpc) is 2.58. The number of halogens is 3. The fourth-order valence-corrected chi connectivity index (χ4v) is 2.93. The first-order valence-corrected chi connectivity index (χ1v) is 8.50. The monoisotopic (exact) mass is 376 g/mol. The summed E-state index contributed by atoms with van der Waals surface area (Å²) in [5, 5.41) is 0. The maximum Gasteiger partial charge on any atom is 0.573 e. The van der Waals surface area contributed by atoms with Crippen LogP contribution in [0, 0.1) is 5.92 Å². The van der Waals surface area contributed by atoms with Crippen molar-refractivity contribution in [3.05, 3.63) is 58.5 Å². The lowest BCUT2D eigenvalue weighted by Crippen LogP contribution is -2.24. The summed E-state index contributed by atoms with van der Waals surface area (Å²) in [6.45, 7) is 4.06. The highest BCUT2D eigenvalue weighted by atomic mass is 19.4. The molecule has 27 heavy (non-hydrogen) atoms. The van der Waals surface area contributed by atoms with Crippen molar-refractivity contribution in [2.75, 3.05) is 0 Å². The van der Waals surface area contributed by atoms with Gasteiger partial charge in [-0.3, -0.25) is 4.79 Å². The SMILES string of the molecule is CC(C)Cc1nc2ccc(-c3ccc(OC(F)(F)F)cc3)cc2n(C)c1=O. The van der Waals surface area contributed by atoms with E-state index in [1.807, 2.05) is 32.0 Å². The summed E-state index contributed by atoms with van der Waals surface area (Å²) in [5.41, 5.74) is 3.25. The van der Waals surface area contributed by atoms with Crippen LogP contribution < -0.4 is 10.3 Å². The largest absolute Gasteiger partial charge is 0.573 e. The van der Waals surface area contributed by atoms with E-state index in [1.165, 1.54) is 12.1 Å². The van der Waals surface area contributed by atoms with Gasteiger partial charge >= 0.3 is 6.36 Å². The van der Waals surface area contributed by atoms with Crippen molar-refractivity contribution < 1.29 is 17.9 Å². The van der Waals surface area contributed by atoms with Crippen LogP contribution in [-0.2, 0) is 13.5 Å². The summed E-state index contributed by atoms with van der Waals surface area (Å²) < 4.78 is 42.3. The molecule has 0 atom stereocenters. The number of fused-ring (bicyclic) bond motifs is 1. The maximum atomic E-state index is 12.5. The number of hydrogen-bond acceptors (Lipinski definition) is 3. The van der Waals surface area contributed by atoms with Gasteiger partial charge in [-0.2, -0.15) is 0 Å². The Balaban J connectivity index is 1.99. The quantitative estimate of drug-likeness (QED) is 0.663. The van der Waals surface area contributed by atoms with Gasteiger partial charge in [0, 0.05) is 7.05 Å². The van der Waals surface area contributed by atoms with Crippen molar-refractivity contribution in [1.82, 2.24) is 9.55 Å². The zero-order chi connectivity index (χ0) is 19.8. The zero-order valence-corrected chi connectivity index (χ0v) is 15.2. The van der Waals surface area contributed by atoms with Crippen LogP contribution in [-0.4, -0.2) is 15.9 Å². The van der Waals surface area contributed by atoms with Crippen molar-refractivity contribution in [2.24, 2.45) is 13.0 Å². The van der Waals surface area contributed by atoms with Gasteiger partial charge in [0.25, 0.3) is 5.56 Å². The smallest absolute Gasteiger partial charge is 0.406 e. The molecule has 2 aromatic carbocycles. The van der Waals surface area contributed by atoms with Gasteiger partial charge in [0.15, 0.2) is 0 Å². The van der Waals surface area contributed by atoms with Gasteiger partial charge in [-0.25, -0.2) is 4.98 Å². The number of nitrogens with zero attached hydrogens (tertiary/aromatic N) is 2. The number of alkyl halides is 3. The normalized spacial score (nSPS) is 12.0. The molecule has 0 N–H and O–H groups in total. The van der Waals surface area contributed by atoms with E-state index in [0.29, 0.717) is 34.6 Å². The molecular formula is C20H19F3N2O2. The van der Waals surface area contributed by atoms with Gasteiger partial charge in [0.05, 0.1) is 11.0 Å². The van der Waals surface area contributed by atoms with Gasteiger partial charge < -0.3 is 9.30 Å². The van der Waals surface area contributed by atoms with Gasteiger partial charge in [-0.05, 0) is 47.7 Å². The second-order valence-electron chi connectivity index (χ2n) is 6.80. The molecule has 0 saturated heterocycles. The molecule has 3 rings (SSSR count). The third-order valence-corrected chi connectivity index (χ3v) is 4.17. The Labute approximate surface area is 154 Å². The molecule has 0 amide bonds. The number of hydrogen-bond donors (Lipinski definition) is 0. The average molecular weight is 376 g/mol. The van der Waals surface area contributed by atoms with E-state index in [1.54, 1.807) is 23.7 Å². The maximum absolute atomic E-state index is 12.5. The van der Waals surface area contributed by atoms with E-state index < -0.39 is 6.36 Å².